The molecule has 0 fully saturated rings. The van der Waals surface area contributed by atoms with Crippen molar-refractivity contribution in [3.63, 3.8) is 0 Å². The molecular formula is C13H9NO5. The fourth-order valence-electron chi connectivity index (χ4n) is 1.49. The van der Waals surface area contributed by atoms with Crippen LogP contribution in [0.15, 0.2) is 48.5 Å². The third-order valence-electron chi connectivity index (χ3n) is 2.37. The lowest BCUT2D eigenvalue weighted by atomic mass is 10.2. The molecule has 2 rings (SSSR count). The lowest BCUT2D eigenvalue weighted by Crippen LogP contribution is -1.99. The Hall–Kier alpha value is -2.89. The van der Waals surface area contributed by atoms with E-state index in [1.165, 1.54) is 12.1 Å². The van der Waals surface area contributed by atoms with Crippen molar-refractivity contribution in [2.75, 3.05) is 0 Å². The molecule has 0 spiro atoms. The summed E-state index contributed by atoms with van der Waals surface area (Å²) in [5.41, 5.74) is -0.545. The van der Waals surface area contributed by atoms with Crippen LogP contribution in [-0.4, -0.2) is 16.0 Å². The molecule has 0 bridgehead atoms. The molecule has 0 aromatic heterocycles. The zero-order valence-corrected chi connectivity index (χ0v) is 9.65. The first kappa shape index (κ1) is 12.6. The van der Waals surface area contributed by atoms with Crippen LogP contribution < -0.4 is 4.74 Å². The van der Waals surface area contributed by atoms with Gasteiger partial charge in [-0.3, -0.25) is 10.1 Å². The molecule has 0 heterocycles. The first-order chi connectivity index (χ1) is 9.08. The summed E-state index contributed by atoms with van der Waals surface area (Å²) in [6, 6.07) is 12.0. The van der Waals surface area contributed by atoms with Gasteiger partial charge in [0.15, 0.2) is 0 Å². The van der Waals surface area contributed by atoms with Crippen molar-refractivity contribution in [1.82, 2.24) is 0 Å². The van der Waals surface area contributed by atoms with E-state index in [0.717, 1.165) is 6.07 Å². The molecule has 19 heavy (non-hydrogen) atoms. The van der Waals surface area contributed by atoms with Crippen molar-refractivity contribution in [1.29, 1.82) is 0 Å². The van der Waals surface area contributed by atoms with Crippen molar-refractivity contribution in [2.24, 2.45) is 0 Å². The predicted molar refractivity (Wildman–Crippen MR) is 66.6 cm³/mol. The van der Waals surface area contributed by atoms with E-state index in [0.29, 0.717) is 5.75 Å². The van der Waals surface area contributed by atoms with E-state index in [2.05, 4.69) is 0 Å². The number of carboxylic acid groups (broad SMARTS) is 1. The average molecular weight is 259 g/mol. The van der Waals surface area contributed by atoms with Crippen LogP contribution in [-0.2, 0) is 0 Å². The first-order valence-corrected chi connectivity index (χ1v) is 5.32. The molecule has 2 aromatic rings. The van der Waals surface area contributed by atoms with Gasteiger partial charge in [-0.2, -0.15) is 0 Å². The number of nitro groups is 1. The zero-order chi connectivity index (χ0) is 13.8. The van der Waals surface area contributed by atoms with Gasteiger partial charge in [0.05, 0.1) is 10.5 Å². The molecule has 2 aromatic carbocycles. The number of carbonyl (C=O) groups is 1. The number of hydrogen-bond acceptors (Lipinski definition) is 4. The molecule has 0 aliphatic carbocycles. The van der Waals surface area contributed by atoms with Gasteiger partial charge in [-0.25, -0.2) is 4.79 Å². The second-order valence-electron chi connectivity index (χ2n) is 3.66. The maximum atomic E-state index is 10.9. The SMILES string of the molecule is O=C(O)c1ccc(Oc2ccccc2)c([N+](=O)[O-])c1. The topological polar surface area (TPSA) is 89.7 Å². The summed E-state index contributed by atoms with van der Waals surface area (Å²) in [7, 11) is 0. The van der Waals surface area contributed by atoms with Gasteiger partial charge in [0, 0.05) is 6.07 Å². The van der Waals surface area contributed by atoms with Crippen LogP contribution in [0.5, 0.6) is 11.5 Å². The van der Waals surface area contributed by atoms with Gasteiger partial charge in [-0.05, 0) is 24.3 Å². The number of para-hydroxylation sites is 1. The Morgan fingerprint density at radius 1 is 1.16 bits per heavy atom. The molecule has 0 atom stereocenters. The standard InChI is InChI=1S/C13H9NO5/c15-13(16)9-6-7-12(11(8-9)14(17)18)19-10-4-2-1-3-5-10/h1-8H,(H,15,16). The minimum atomic E-state index is -1.23. The molecule has 1 N–H and O–H groups in total. The average Bonchev–Trinajstić information content (AvgIpc) is 2.39. The lowest BCUT2D eigenvalue weighted by Gasteiger charge is -2.06. The van der Waals surface area contributed by atoms with Gasteiger partial charge in [0.2, 0.25) is 5.75 Å². The van der Waals surface area contributed by atoms with Crippen molar-refractivity contribution >= 4 is 11.7 Å². The Bertz CT molecular complexity index is 624. The zero-order valence-electron chi connectivity index (χ0n) is 9.65. The van der Waals surface area contributed by atoms with Gasteiger partial charge in [-0.1, -0.05) is 18.2 Å². The highest BCUT2D eigenvalue weighted by Gasteiger charge is 2.18. The van der Waals surface area contributed by atoms with Gasteiger partial charge in [0.25, 0.3) is 0 Å². The summed E-state index contributed by atoms with van der Waals surface area (Å²) in [5, 5.41) is 19.7. The predicted octanol–water partition coefficient (Wildman–Crippen LogP) is 3.09. The van der Waals surface area contributed by atoms with E-state index in [-0.39, 0.29) is 17.0 Å². The highest BCUT2D eigenvalue weighted by Crippen LogP contribution is 2.31. The molecule has 6 nitrogen and oxygen atoms in total. The number of nitro benzene ring substituents is 1. The molecule has 0 aliphatic heterocycles. The minimum absolute atomic E-state index is 0.00111. The molecule has 0 amide bonds. The van der Waals surface area contributed by atoms with Crippen LogP contribution in [0.1, 0.15) is 10.4 Å². The normalized spacial score (nSPS) is 9.89. The number of nitrogens with zero attached hydrogens (tertiary/aromatic N) is 1. The van der Waals surface area contributed by atoms with Crippen molar-refractivity contribution in [3.8, 4) is 11.5 Å². The van der Waals surface area contributed by atoms with Gasteiger partial charge in [0.1, 0.15) is 5.75 Å². The number of benzene rings is 2. The summed E-state index contributed by atoms with van der Waals surface area (Å²) < 4.78 is 5.37. The third kappa shape index (κ3) is 2.86. The van der Waals surface area contributed by atoms with Crippen molar-refractivity contribution < 1.29 is 19.6 Å². The van der Waals surface area contributed by atoms with E-state index in [1.807, 2.05) is 0 Å². The van der Waals surface area contributed by atoms with Crippen LogP contribution in [0.4, 0.5) is 5.69 Å². The maximum Gasteiger partial charge on any atom is 0.335 e. The monoisotopic (exact) mass is 259 g/mol. The molecule has 0 saturated carbocycles. The van der Waals surface area contributed by atoms with E-state index >= 15 is 0 Å². The largest absolute Gasteiger partial charge is 0.478 e. The van der Waals surface area contributed by atoms with Crippen molar-refractivity contribution in [2.45, 2.75) is 0 Å². The second kappa shape index (κ2) is 5.18. The number of hydrogen-bond donors (Lipinski definition) is 1. The Morgan fingerprint density at radius 3 is 2.42 bits per heavy atom. The Kier molecular flexibility index (Phi) is 3.42. The first-order valence-electron chi connectivity index (χ1n) is 5.32. The maximum absolute atomic E-state index is 10.9. The number of aromatic carboxylic acids is 1. The van der Waals surface area contributed by atoms with Crippen molar-refractivity contribution in [3.05, 3.63) is 64.2 Å². The Labute approximate surface area is 108 Å². The molecule has 0 saturated heterocycles. The smallest absolute Gasteiger partial charge is 0.335 e. The van der Waals surface area contributed by atoms with E-state index in [1.54, 1.807) is 30.3 Å². The van der Waals surface area contributed by atoms with Crippen LogP contribution >= 0.6 is 0 Å². The summed E-state index contributed by atoms with van der Waals surface area (Å²) in [5.74, 6) is -0.788. The Morgan fingerprint density at radius 2 is 1.84 bits per heavy atom. The molecule has 0 radical (unpaired) electrons. The molecule has 6 heteroatoms. The number of rotatable bonds is 4. The Balaban J connectivity index is 2.40. The van der Waals surface area contributed by atoms with Crippen LogP contribution in [0, 0.1) is 10.1 Å². The lowest BCUT2D eigenvalue weighted by molar-refractivity contribution is -0.385. The number of ether oxygens (including phenoxy) is 1. The van der Waals surface area contributed by atoms with Crippen LogP contribution in [0.25, 0.3) is 0 Å². The summed E-state index contributed by atoms with van der Waals surface area (Å²) in [6.45, 7) is 0. The molecule has 0 unspecified atom stereocenters. The van der Waals surface area contributed by atoms with Crippen LogP contribution in [0.2, 0.25) is 0 Å². The van der Waals surface area contributed by atoms with Gasteiger partial charge >= 0.3 is 11.7 Å². The minimum Gasteiger partial charge on any atom is -0.478 e. The summed E-state index contributed by atoms with van der Waals surface area (Å²) in [6.07, 6.45) is 0. The second-order valence-corrected chi connectivity index (χ2v) is 3.66. The fraction of sp³-hybridized carbons (Fsp3) is 0. The van der Waals surface area contributed by atoms with Crippen LogP contribution in [0.3, 0.4) is 0 Å². The fourth-order valence-corrected chi connectivity index (χ4v) is 1.49. The molecular weight excluding hydrogens is 250 g/mol. The van der Waals surface area contributed by atoms with E-state index in [9.17, 15) is 14.9 Å². The summed E-state index contributed by atoms with van der Waals surface area (Å²) in [4.78, 5) is 21.0. The summed E-state index contributed by atoms with van der Waals surface area (Å²) >= 11 is 0. The number of carboxylic acids is 1. The highest BCUT2D eigenvalue weighted by molar-refractivity contribution is 5.88. The van der Waals surface area contributed by atoms with E-state index < -0.39 is 10.9 Å². The van der Waals surface area contributed by atoms with Gasteiger partial charge in [-0.15, -0.1) is 0 Å². The third-order valence-corrected chi connectivity index (χ3v) is 2.37. The van der Waals surface area contributed by atoms with Gasteiger partial charge < -0.3 is 9.84 Å². The van der Waals surface area contributed by atoms with E-state index in [4.69, 9.17) is 9.84 Å². The molecule has 96 valence electrons. The molecule has 0 aliphatic rings. The quantitative estimate of drug-likeness (QED) is 0.673. The highest BCUT2D eigenvalue weighted by atomic mass is 16.6.